The summed E-state index contributed by atoms with van der Waals surface area (Å²) in [6.07, 6.45) is 7.37. The van der Waals surface area contributed by atoms with Crippen molar-refractivity contribution >= 4 is 17.7 Å². The van der Waals surface area contributed by atoms with Crippen molar-refractivity contribution in [2.24, 2.45) is 17.6 Å². The molecule has 3 amide bonds. The molecule has 0 fully saturated rings. The van der Waals surface area contributed by atoms with Crippen LogP contribution in [0.3, 0.4) is 0 Å². The number of carbonyl (C=O) groups is 3. The zero-order chi connectivity index (χ0) is 20.8. The van der Waals surface area contributed by atoms with Crippen molar-refractivity contribution in [2.75, 3.05) is 13.1 Å². The molecule has 7 nitrogen and oxygen atoms in total. The van der Waals surface area contributed by atoms with Gasteiger partial charge in [0, 0.05) is 13.1 Å². The van der Waals surface area contributed by atoms with Gasteiger partial charge in [0.15, 0.2) is 0 Å². The predicted octanol–water partition coefficient (Wildman–Crippen LogP) is 1.45. The van der Waals surface area contributed by atoms with Crippen LogP contribution in [-0.4, -0.2) is 47.8 Å². The fourth-order valence-corrected chi connectivity index (χ4v) is 3.62. The van der Waals surface area contributed by atoms with Crippen molar-refractivity contribution < 1.29 is 14.4 Å². The van der Waals surface area contributed by atoms with Crippen molar-refractivity contribution in [3.05, 3.63) is 23.4 Å². The van der Waals surface area contributed by atoms with E-state index in [1.165, 1.54) is 0 Å². The fourth-order valence-electron chi connectivity index (χ4n) is 3.62. The van der Waals surface area contributed by atoms with E-state index < -0.39 is 18.0 Å². The maximum absolute atomic E-state index is 13.2. The molecule has 1 heterocycles. The summed E-state index contributed by atoms with van der Waals surface area (Å²) in [6, 6.07) is -1.43. The lowest BCUT2D eigenvalue weighted by Crippen LogP contribution is -2.51. The van der Waals surface area contributed by atoms with Crippen molar-refractivity contribution in [2.45, 2.75) is 65.5 Å². The second-order valence-corrected chi connectivity index (χ2v) is 8.17. The molecule has 2 unspecified atom stereocenters. The first-order valence-electron chi connectivity index (χ1n) is 10.3. The lowest BCUT2D eigenvalue weighted by atomic mass is 9.86. The minimum Gasteiger partial charge on any atom is -0.343 e. The van der Waals surface area contributed by atoms with Gasteiger partial charge in [-0.1, -0.05) is 32.9 Å². The summed E-state index contributed by atoms with van der Waals surface area (Å²) in [5.41, 5.74) is 6.98. The van der Waals surface area contributed by atoms with E-state index in [1.807, 2.05) is 17.9 Å². The lowest BCUT2D eigenvalue weighted by molar-refractivity contribution is -0.131. The molecule has 1 aliphatic heterocycles. The van der Waals surface area contributed by atoms with E-state index in [9.17, 15) is 14.4 Å². The summed E-state index contributed by atoms with van der Waals surface area (Å²) in [5.74, 6) is -0.312. The number of nitrogens with two attached hydrogens (primary N) is 1. The number of rotatable bonds is 7. The third kappa shape index (κ3) is 5.44. The molecule has 2 rings (SSSR count). The van der Waals surface area contributed by atoms with Gasteiger partial charge >= 0.3 is 0 Å². The molecule has 156 valence electrons. The average molecular weight is 391 g/mol. The lowest BCUT2D eigenvalue weighted by Gasteiger charge is -2.25. The zero-order valence-electron chi connectivity index (χ0n) is 17.5. The highest BCUT2D eigenvalue weighted by Crippen LogP contribution is 2.32. The Bertz CT molecular complexity index is 669. The fraction of sp³-hybridized carbons (Fsp3) is 0.667. The van der Waals surface area contributed by atoms with Crippen LogP contribution in [-0.2, 0) is 14.4 Å². The maximum atomic E-state index is 13.2. The predicted molar refractivity (Wildman–Crippen MR) is 109 cm³/mol. The number of allylic oxidation sites excluding steroid dienone is 3. The highest BCUT2D eigenvalue weighted by atomic mass is 16.2. The molecule has 0 spiro atoms. The van der Waals surface area contributed by atoms with Gasteiger partial charge in [0.25, 0.3) is 5.91 Å². The van der Waals surface area contributed by atoms with E-state index >= 15 is 0 Å². The Kier molecular flexibility index (Phi) is 7.80. The van der Waals surface area contributed by atoms with Gasteiger partial charge in [-0.15, -0.1) is 0 Å². The Morgan fingerprint density at radius 2 is 1.96 bits per heavy atom. The van der Waals surface area contributed by atoms with E-state index in [-0.39, 0.29) is 17.7 Å². The monoisotopic (exact) mass is 390 g/mol. The van der Waals surface area contributed by atoms with Crippen LogP contribution in [0.1, 0.15) is 53.4 Å². The molecule has 0 aromatic carbocycles. The first kappa shape index (κ1) is 22.1. The second kappa shape index (κ2) is 9.87. The molecule has 0 radical (unpaired) electrons. The summed E-state index contributed by atoms with van der Waals surface area (Å²) in [7, 11) is 0. The molecule has 1 aliphatic carbocycles. The number of hydrogen-bond acceptors (Lipinski definition) is 4. The molecule has 2 aliphatic rings. The normalized spacial score (nSPS) is 21.9. The topological polar surface area (TPSA) is 105 Å². The van der Waals surface area contributed by atoms with Gasteiger partial charge in [-0.3, -0.25) is 14.4 Å². The Labute approximate surface area is 167 Å². The molecular formula is C21H34N4O3. The van der Waals surface area contributed by atoms with Crippen molar-refractivity contribution in [1.82, 2.24) is 15.5 Å². The van der Waals surface area contributed by atoms with Crippen molar-refractivity contribution in [3.8, 4) is 0 Å². The molecule has 3 atom stereocenters. The molecular weight excluding hydrogens is 356 g/mol. The van der Waals surface area contributed by atoms with Gasteiger partial charge in [-0.05, 0) is 50.0 Å². The number of hydrogen-bond donors (Lipinski definition) is 3. The van der Waals surface area contributed by atoms with Crippen LogP contribution < -0.4 is 16.4 Å². The number of carbonyl (C=O) groups excluding carboxylic acids is 3. The summed E-state index contributed by atoms with van der Waals surface area (Å²) < 4.78 is 0. The van der Waals surface area contributed by atoms with Crippen LogP contribution in [0.4, 0.5) is 0 Å². The van der Waals surface area contributed by atoms with E-state index in [1.54, 1.807) is 6.92 Å². The van der Waals surface area contributed by atoms with E-state index in [0.717, 1.165) is 24.8 Å². The van der Waals surface area contributed by atoms with Gasteiger partial charge in [0.1, 0.15) is 11.7 Å². The van der Waals surface area contributed by atoms with Crippen molar-refractivity contribution in [3.63, 3.8) is 0 Å². The number of amides is 3. The molecule has 7 heteroatoms. The first-order chi connectivity index (χ1) is 13.2. The zero-order valence-corrected chi connectivity index (χ0v) is 17.5. The minimum atomic E-state index is -0.779. The van der Waals surface area contributed by atoms with Crippen LogP contribution in [0.25, 0.3) is 0 Å². The SMILES string of the molecule is CCC(N)C(=O)N[C@@H](C)C(=O)NC1=C2C=CCCC2CCN(CC(C)C)C1=O. The molecule has 0 aromatic heterocycles. The molecule has 0 saturated carbocycles. The summed E-state index contributed by atoms with van der Waals surface area (Å²) in [6.45, 7) is 8.90. The quantitative estimate of drug-likeness (QED) is 0.612. The number of fused-ring (bicyclic) bond motifs is 1. The summed E-state index contributed by atoms with van der Waals surface area (Å²) >= 11 is 0. The van der Waals surface area contributed by atoms with Crippen LogP contribution >= 0.6 is 0 Å². The molecule has 0 bridgehead atoms. The summed E-state index contributed by atoms with van der Waals surface area (Å²) in [5, 5.41) is 5.44. The highest BCUT2D eigenvalue weighted by Gasteiger charge is 2.32. The summed E-state index contributed by atoms with van der Waals surface area (Å²) in [4.78, 5) is 39.7. The van der Waals surface area contributed by atoms with E-state index in [0.29, 0.717) is 31.1 Å². The first-order valence-corrected chi connectivity index (χ1v) is 10.3. The van der Waals surface area contributed by atoms with Gasteiger partial charge in [0.05, 0.1) is 6.04 Å². The minimum absolute atomic E-state index is 0.144. The van der Waals surface area contributed by atoms with Crippen LogP contribution in [0, 0.1) is 11.8 Å². The van der Waals surface area contributed by atoms with Gasteiger partial charge < -0.3 is 21.3 Å². The molecule has 0 saturated heterocycles. The van der Waals surface area contributed by atoms with Gasteiger partial charge in [0.2, 0.25) is 11.8 Å². The molecule has 0 aromatic rings. The standard InChI is InChI=1S/C21H34N4O3/c1-5-17(22)20(27)23-14(4)19(26)24-18-16-9-7-6-8-15(16)10-11-25(21(18)28)12-13(2)3/h7,9,13-15,17H,5-6,8,10-12,22H2,1-4H3,(H,23,27)(H,24,26)/t14-,15?,17?/m0/s1. The molecule has 28 heavy (non-hydrogen) atoms. The largest absolute Gasteiger partial charge is 0.343 e. The Hall–Kier alpha value is -2.15. The average Bonchev–Trinajstić information content (AvgIpc) is 2.79. The van der Waals surface area contributed by atoms with Crippen LogP contribution in [0.2, 0.25) is 0 Å². The third-order valence-electron chi connectivity index (χ3n) is 5.32. The van der Waals surface area contributed by atoms with E-state index in [4.69, 9.17) is 5.73 Å². The van der Waals surface area contributed by atoms with Crippen LogP contribution in [0.5, 0.6) is 0 Å². The van der Waals surface area contributed by atoms with Gasteiger partial charge in [-0.2, -0.15) is 0 Å². The number of nitrogens with zero attached hydrogens (tertiary/aromatic N) is 1. The van der Waals surface area contributed by atoms with Gasteiger partial charge in [-0.25, -0.2) is 0 Å². The Morgan fingerprint density at radius 3 is 2.61 bits per heavy atom. The number of nitrogens with one attached hydrogen (secondary N) is 2. The Morgan fingerprint density at radius 1 is 1.25 bits per heavy atom. The Balaban J connectivity index is 2.22. The molecule has 4 N–H and O–H groups in total. The maximum Gasteiger partial charge on any atom is 0.270 e. The van der Waals surface area contributed by atoms with Crippen LogP contribution in [0.15, 0.2) is 23.4 Å². The smallest absolute Gasteiger partial charge is 0.270 e. The second-order valence-electron chi connectivity index (χ2n) is 8.17. The van der Waals surface area contributed by atoms with E-state index in [2.05, 4.69) is 30.6 Å². The highest BCUT2D eigenvalue weighted by molar-refractivity contribution is 6.00. The van der Waals surface area contributed by atoms with Crippen molar-refractivity contribution in [1.29, 1.82) is 0 Å². The third-order valence-corrected chi connectivity index (χ3v) is 5.32.